The zero-order chi connectivity index (χ0) is 22.4. The van der Waals surface area contributed by atoms with Crippen LogP contribution in [0.5, 0.6) is 0 Å². The first kappa shape index (κ1) is 25.2. The number of carbonyl (C=O) groups excluding carboxylic acids is 1. The van der Waals surface area contributed by atoms with Crippen molar-refractivity contribution in [3.63, 3.8) is 0 Å². The molecule has 1 aliphatic heterocycles. The number of oxime groups is 1. The highest BCUT2D eigenvalue weighted by molar-refractivity contribution is 5.96. The first-order valence-corrected chi connectivity index (χ1v) is 10.3. The van der Waals surface area contributed by atoms with Crippen LogP contribution in [0, 0.1) is 5.92 Å². The summed E-state index contributed by atoms with van der Waals surface area (Å²) in [6.45, 7) is 10.3. The molecule has 1 heterocycles. The van der Waals surface area contributed by atoms with E-state index in [4.69, 9.17) is 15.3 Å². The summed E-state index contributed by atoms with van der Waals surface area (Å²) >= 11 is 0. The number of rotatable bonds is 10. The fraction of sp³-hybridized carbons (Fsp3) is 0.478. The summed E-state index contributed by atoms with van der Waals surface area (Å²) < 4.78 is 18.4. The third-order valence-corrected chi connectivity index (χ3v) is 4.48. The van der Waals surface area contributed by atoms with Gasteiger partial charge in [-0.1, -0.05) is 37.0 Å². The molecule has 1 rings (SSSR count). The third-order valence-electron chi connectivity index (χ3n) is 4.48. The summed E-state index contributed by atoms with van der Waals surface area (Å²) in [5.74, 6) is 0.528. The highest BCUT2D eigenvalue weighted by atomic mass is 19.1. The van der Waals surface area contributed by atoms with E-state index in [1.54, 1.807) is 24.0 Å². The number of halogens is 1. The molecule has 2 N–H and O–H groups in total. The minimum absolute atomic E-state index is 0.104. The number of alkyl halides is 1. The fourth-order valence-corrected chi connectivity index (χ4v) is 2.93. The second-order valence-electron chi connectivity index (χ2n) is 6.98. The first-order chi connectivity index (χ1) is 14.4. The normalized spacial score (nSPS) is 19.9. The molecule has 0 aliphatic carbocycles. The number of ether oxygens (including phenoxy) is 1. The standard InChI is InChI=1S/C23H34FN3O3/c1-5-8-9-12-21(7-3)30-23(25)26-29-17-19-11-10-15-27(16-19)22(28)20(6-2)14-13-18(4)24/h5-8,12-14,18-19H,3,9-11,15-17H2,1-2,4H3,(H2,25,26)/b8-5-,14-13-,20-6+,21-12?. The summed E-state index contributed by atoms with van der Waals surface area (Å²) in [7, 11) is 0. The molecule has 0 saturated carbocycles. The van der Waals surface area contributed by atoms with Gasteiger partial charge in [0.15, 0.2) is 0 Å². The van der Waals surface area contributed by atoms with Crippen molar-refractivity contribution in [1.29, 1.82) is 0 Å². The zero-order valence-electron chi connectivity index (χ0n) is 18.2. The minimum Gasteiger partial charge on any atom is -0.424 e. The molecule has 0 spiro atoms. The SMILES string of the molecule is C=CC(=CC/C=C\C)O/C(N)=N/OCC1CCCN(C(=O)C(/C=C\C(C)F)=C/C)C1. The molecule has 0 bridgehead atoms. The van der Waals surface area contributed by atoms with Gasteiger partial charge in [0, 0.05) is 24.6 Å². The molecule has 2 unspecified atom stereocenters. The Morgan fingerprint density at radius 2 is 2.20 bits per heavy atom. The van der Waals surface area contributed by atoms with E-state index in [1.165, 1.54) is 19.1 Å². The van der Waals surface area contributed by atoms with Crippen molar-refractivity contribution in [3.05, 3.63) is 60.4 Å². The van der Waals surface area contributed by atoms with Crippen LogP contribution in [0.15, 0.2) is 65.6 Å². The Bertz CT molecular complexity index is 708. The van der Waals surface area contributed by atoms with E-state index in [0.29, 0.717) is 37.4 Å². The monoisotopic (exact) mass is 419 g/mol. The Labute approximate surface area is 179 Å². The summed E-state index contributed by atoms with van der Waals surface area (Å²) in [4.78, 5) is 19.8. The van der Waals surface area contributed by atoms with Gasteiger partial charge >= 0.3 is 6.02 Å². The number of amides is 1. The van der Waals surface area contributed by atoms with E-state index in [1.807, 2.05) is 25.2 Å². The maximum Gasteiger partial charge on any atom is 0.326 e. The van der Waals surface area contributed by atoms with Crippen molar-refractivity contribution in [3.8, 4) is 0 Å². The maximum atomic E-state index is 13.0. The van der Waals surface area contributed by atoms with E-state index in [0.717, 1.165) is 12.8 Å². The molecule has 0 aromatic carbocycles. The van der Waals surface area contributed by atoms with E-state index < -0.39 is 6.17 Å². The van der Waals surface area contributed by atoms with Crippen LogP contribution in [0.1, 0.15) is 40.0 Å². The first-order valence-electron chi connectivity index (χ1n) is 10.3. The highest BCUT2D eigenvalue weighted by Crippen LogP contribution is 2.19. The van der Waals surface area contributed by atoms with Crippen molar-refractivity contribution in [1.82, 2.24) is 4.90 Å². The van der Waals surface area contributed by atoms with E-state index in [9.17, 15) is 9.18 Å². The number of nitrogens with two attached hydrogens (primary N) is 1. The molecular formula is C23H34FN3O3. The van der Waals surface area contributed by atoms with Gasteiger partial charge in [-0.15, -0.1) is 0 Å². The molecular weight excluding hydrogens is 385 g/mol. The summed E-state index contributed by atoms with van der Waals surface area (Å²) in [6.07, 6.45) is 13.3. The number of amidine groups is 1. The van der Waals surface area contributed by atoms with Gasteiger partial charge in [-0.2, -0.15) is 0 Å². The molecule has 0 aromatic heterocycles. The number of nitrogens with zero attached hydrogens (tertiary/aromatic N) is 2. The molecule has 166 valence electrons. The molecule has 1 fully saturated rings. The number of carbonyl (C=O) groups is 1. The predicted octanol–water partition coefficient (Wildman–Crippen LogP) is 4.38. The largest absolute Gasteiger partial charge is 0.424 e. The van der Waals surface area contributed by atoms with Crippen molar-refractivity contribution in [2.45, 2.75) is 46.2 Å². The van der Waals surface area contributed by atoms with Gasteiger partial charge in [0.2, 0.25) is 0 Å². The average molecular weight is 420 g/mol. The Hall–Kier alpha value is -2.83. The van der Waals surface area contributed by atoms with Crippen molar-refractivity contribution >= 4 is 11.9 Å². The van der Waals surface area contributed by atoms with Crippen LogP contribution < -0.4 is 5.73 Å². The summed E-state index contributed by atoms with van der Waals surface area (Å²) in [5.41, 5.74) is 6.23. The van der Waals surface area contributed by atoms with Crippen LogP contribution in [0.25, 0.3) is 0 Å². The lowest BCUT2D eigenvalue weighted by molar-refractivity contribution is -0.129. The van der Waals surface area contributed by atoms with E-state index in [2.05, 4.69) is 11.7 Å². The molecule has 1 saturated heterocycles. The average Bonchev–Trinajstić information content (AvgIpc) is 2.73. The van der Waals surface area contributed by atoms with Crippen LogP contribution in [0.2, 0.25) is 0 Å². The van der Waals surface area contributed by atoms with Gasteiger partial charge in [-0.05, 0) is 57.3 Å². The third kappa shape index (κ3) is 9.58. The fourth-order valence-electron chi connectivity index (χ4n) is 2.93. The molecule has 6 nitrogen and oxygen atoms in total. The number of hydrogen-bond donors (Lipinski definition) is 1. The lowest BCUT2D eigenvalue weighted by Crippen LogP contribution is -2.41. The molecule has 0 aromatic rings. The van der Waals surface area contributed by atoms with Gasteiger partial charge in [-0.25, -0.2) is 4.39 Å². The van der Waals surface area contributed by atoms with E-state index >= 15 is 0 Å². The van der Waals surface area contributed by atoms with Gasteiger partial charge in [0.1, 0.15) is 18.5 Å². The zero-order valence-corrected chi connectivity index (χ0v) is 18.2. The lowest BCUT2D eigenvalue weighted by Gasteiger charge is -2.32. The Morgan fingerprint density at radius 1 is 1.43 bits per heavy atom. The smallest absolute Gasteiger partial charge is 0.326 e. The van der Waals surface area contributed by atoms with Crippen molar-refractivity contribution < 1.29 is 18.8 Å². The van der Waals surface area contributed by atoms with Crippen molar-refractivity contribution in [2.24, 2.45) is 16.8 Å². The number of allylic oxidation sites excluding steroid dienone is 6. The summed E-state index contributed by atoms with van der Waals surface area (Å²) in [6, 6.07) is -0.105. The van der Waals surface area contributed by atoms with Gasteiger partial charge in [0.05, 0.1) is 0 Å². The molecule has 7 heteroatoms. The van der Waals surface area contributed by atoms with Crippen LogP contribution in [-0.4, -0.2) is 42.7 Å². The molecule has 1 aliphatic rings. The topological polar surface area (TPSA) is 77.2 Å². The minimum atomic E-state index is -1.10. The van der Waals surface area contributed by atoms with Crippen LogP contribution in [0.4, 0.5) is 4.39 Å². The molecule has 2 atom stereocenters. The van der Waals surface area contributed by atoms with Gasteiger partial charge < -0.3 is 20.2 Å². The predicted molar refractivity (Wildman–Crippen MR) is 119 cm³/mol. The van der Waals surface area contributed by atoms with Crippen molar-refractivity contribution in [2.75, 3.05) is 19.7 Å². The second kappa shape index (κ2) is 14.2. The lowest BCUT2D eigenvalue weighted by atomic mass is 9.98. The number of hydrogen-bond acceptors (Lipinski definition) is 4. The molecule has 1 amide bonds. The van der Waals surface area contributed by atoms with E-state index in [-0.39, 0.29) is 17.8 Å². The maximum absolute atomic E-state index is 13.0. The quantitative estimate of drug-likeness (QED) is 0.108. The van der Waals surface area contributed by atoms with Gasteiger partial charge in [-0.3, -0.25) is 4.79 Å². The Morgan fingerprint density at radius 3 is 2.83 bits per heavy atom. The highest BCUT2D eigenvalue weighted by Gasteiger charge is 2.25. The summed E-state index contributed by atoms with van der Waals surface area (Å²) in [5, 5.41) is 3.80. The molecule has 30 heavy (non-hydrogen) atoms. The Balaban J connectivity index is 2.56. The second-order valence-corrected chi connectivity index (χ2v) is 6.98. The van der Waals surface area contributed by atoms with Crippen LogP contribution >= 0.6 is 0 Å². The van der Waals surface area contributed by atoms with Gasteiger partial charge in [0.25, 0.3) is 5.91 Å². The van der Waals surface area contributed by atoms with Crippen LogP contribution in [-0.2, 0) is 14.4 Å². The number of piperidine rings is 1. The Kier molecular flexibility index (Phi) is 11.9. The molecule has 0 radical (unpaired) electrons. The number of likely N-dealkylation sites (tertiary alicyclic amines) is 1. The van der Waals surface area contributed by atoms with Crippen LogP contribution in [0.3, 0.4) is 0 Å².